The lowest BCUT2D eigenvalue weighted by molar-refractivity contribution is 0.0475. The van der Waals surface area contributed by atoms with Crippen LogP contribution >= 0.6 is 0 Å². The first-order valence-electron chi connectivity index (χ1n) is 9.09. The van der Waals surface area contributed by atoms with Crippen LogP contribution in [0.2, 0.25) is 0 Å². The van der Waals surface area contributed by atoms with E-state index in [1.165, 1.54) is 23.3 Å². The summed E-state index contributed by atoms with van der Waals surface area (Å²) in [6.45, 7) is 8.30. The Morgan fingerprint density at radius 1 is 1.23 bits per heavy atom. The largest absolute Gasteiger partial charge is 0.486 e. The van der Waals surface area contributed by atoms with Crippen molar-refractivity contribution in [3.63, 3.8) is 0 Å². The maximum absolute atomic E-state index is 12.5. The number of carbonyl (C=O) groups is 2. The topological polar surface area (TPSA) is 63.6 Å². The van der Waals surface area contributed by atoms with Crippen molar-refractivity contribution in [3.05, 3.63) is 52.6 Å². The van der Waals surface area contributed by atoms with Crippen LogP contribution in [0.5, 0.6) is 5.75 Å². The van der Waals surface area contributed by atoms with Gasteiger partial charge in [0, 0.05) is 0 Å². The summed E-state index contributed by atoms with van der Waals surface area (Å²) in [7, 11) is 0. The normalized spacial score (nSPS) is 19.5. The van der Waals surface area contributed by atoms with Gasteiger partial charge in [-0.2, -0.15) is 0 Å². The van der Waals surface area contributed by atoms with E-state index >= 15 is 0 Å². The zero-order valence-corrected chi connectivity index (χ0v) is 16.1. The van der Waals surface area contributed by atoms with Crippen LogP contribution < -0.4 is 4.74 Å². The first-order chi connectivity index (χ1) is 12.2. The highest BCUT2D eigenvalue weighted by atomic mass is 16.5. The Morgan fingerprint density at radius 3 is 2.62 bits per heavy atom. The molecule has 1 heterocycles. The molecule has 0 fully saturated rings. The summed E-state index contributed by atoms with van der Waals surface area (Å²) in [5.41, 5.74) is 2.62. The summed E-state index contributed by atoms with van der Waals surface area (Å²) in [5.74, 6) is -0.609. The van der Waals surface area contributed by atoms with E-state index in [1.807, 2.05) is 6.92 Å². The van der Waals surface area contributed by atoms with Crippen LogP contribution in [-0.2, 0) is 0 Å². The summed E-state index contributed by atoms with van der Waals surface area (Å²) < 4.78 is 6.07. The molecule has 1 aromatic rings. The number of carboxylic acids is 1. The van der Waals surface area contributed by atoms with Gasteiger partial charge in [-0.25, -0.2) is 4.79 Å². The van der Waals surface area contributed by atoms with Crippen molar-refractivity contribution < 1.29 is 19.4 Å². The van der Waals surface area contributed by atoms with E-state index < -0.39 is 11.6 Å². The van der Waals surface area contributed by atoms with Gasteiger partial charge in [0.15, 0.2) is 5.78 Å². The standard InChI is InChI=1S/C22H28O4/c1-15(2)7-5-8-16(3)9-6-12-22(4)14-19(23)18-13-17(21(24)25)10-11-20(18)26-22/h7,9-11,13H,5-6,8,12,14H2,1-4H3,(H,24,25)/b16-9+. The Morgan fingerprint density at radius 2 is 1.96 bits per heavy atom. The summed E-state index contributed by atoms with van der Waals surface area (Å²) in [4.78, 5) is 23.6. The number of allylic oxidation sites excluding steroid dienone is 4. The lowest BCUT2D eigenvalue weighted by Gasteiger charge is -2.35. The van der Waals surface area contributed by atoms with Crippen LogP contribution in [0.4, 0.5) is 0 Å². The Bertz CT molecular complexity index is 753. The summed E-state index contributed by atoms with van der Waals surface area (Å²) in [6.07, 6.45) is 8.43. The molecule has 1 aromatic carbocycles. The molecular formula is C22H28O4. The van der Waals surface area contributed by atoms with E-state index in [1.54, 1.807) is 6.07 Å². The van der Waals surface area contributed by atoms with E-state index in [2.05, 4.69) is 32.9 Å². The molecule has 0 radical (unpaired) electrons. The van der Waals surface area contributed by atoms with Crippen molar-refractivity contribution in [1.29, 1.82) is 0 Å². The van der Waals surface area contributed by atoms with Crippen LogP contribution in [0, 0.1) is 0 Å². The number of hydrogen-bond donors (Lipinski definition) is 1. The second-order valence-electron chi connectivity index (χ2n) is 7.58. The molecule has 1 atom stereocenters. The van der Waals surface area contributed by atoms with Crippen LogP contribution in [0.3, 0.4) is 0 Å². The van der Waals surface area contributed by atoms with Gasteiger partial charge in [0.05, 0.1) is 17.5 Å². The monoisotopic (exact) mass is 356 g/mol. The number of carbonyl (C=O) groups excluding carboxylic acids is 1. The highest BCUT2D eigenvalue weighted by molar-refractivity contribution is 6.02. The number of aromatic carboxylic acids is 1. The van der Waals surface area contributed by atoms with Crippen molar-refractivity contribution in [2.24, 2.45) is 0 Å². The first-order valence-corrected chi connectivity index (χ1v) is 9.09. The van der Waals surface area contributed by atoms with Crippen LogP contribution in [0.1, 0.15) is 80.5 Å². The predicted octanol–water partition coefficient (Wildman–Crippen LogP) is 5.58. The minimum Gasteiger partial charge on any atom is -0.486 e. The Balaban J connectivity index is 2.00. The highest BCUT2D eigenvalue weighted by Crippen LogP contribution is 2.36. The zero-order chi connectivity index (χ0) is 19.3. The van der Waals surface area contributed by atoms with Gasteiger partial charge < -0.3 is 9.84 Å². The highest BCUT2D eigenvalue weighted by Gasteiger charge is 2.36. The third-order valence-corrected chi connectivity index (χ3v) is 4.68. The summed E-state index contributed by atoms with van der Waals surface area (Å²) in [5, 5.41) is 9.07. The van der Waals surface area contributed by atoms with Gasteiger partial charge >= 0.3 is 5.97 Å². The third kappa shape index (κ3) is 5.32. The molecule has 1 aliphatic rings. The average Bonchev–Trinajstić information content (AvgIpc) is 2.53. The van der Waals surface area contributed by atoms with Crippen LogP contribution in [0.15, 0.2) is 41.5 Å². The molecule has 2 rings (SSSR count). The smallest absolute Gasteiger partial charge is 0.335 e. The van der Waals surface area contributed by atoms with Gasteiger partial charge in [0.2, 0.25) is 0 Å². The number of ether oxygens (including phenoxy) is 1. The van der Waals surface area contributed by atoms with Crippen molar-refractivity contribution in [3.8, 4) is 5.75 Å². The molecule has 4 nitrogen and oxygen atoms in total. The Kier molecular flexibility index (Phi) is 6.41. The van der Waals surface area contributed by atoms with Gasteiger partial charge in [-0.1, -0.05) is 23.3 Å². The minimum absolute atomic E-state index is 0.0545. The number of Topliss-reactive ketones (excluding diaryl/α,β-unsaturated/α-hetero) is 1. The fourth-order valence-corrected chi connectivity index (χ4v) is 3.16. The molecule has 4 heteroatoms. The van der Waals surface area contributed by atoms with Crippen molar-refractivity contribution >= 4 is 11.8 Å². The molecule has 0 spiro atoms. The molecule has 0 bridgehead atoms. The molecular weight excluding hydrogens is 328 g/mol. The molecule has 1 aliphatic heterocycles. The van der Waals surface area contributed by atoms with Crippen molar-refractivity contribution in [2.45, 2.75) is 65.4 Å². The van der Waals surface area contributed by atoms with Gasteiger partial charge in [-0.05, 0) is 71.6 Å². The number of fused-ring (bicyclic) bond motifs is 1. The number of ketones is 1. The Hall–Kier alpha value is -2.36. The molecule has 0 saturated carbocycles. The molecule has 26 heavy (non-hydrogen) atoms. The van der Waals surface area contributed by atoms with Crippen LogP contribution in [0.25, 0.3) is 0 Å². The number of benzene rings is 1. The number of hydrogen-bond acceptors (Lipinski definition) is 3. The van der Waals surface area contributed by atoms with E-state index in [9.17, 15) is 9.59 Å². The van der Waals surface area contributed by atoms with E-state index in [0.29, 0.717) is 11.3 Å². The maximum Gasteiger partial charge on any atom is 0.335 e. The molecule has 0 aliphatic carbocycles. The quantitative estimate of drug-likeness (QED) is 0.648. The van der Waals surface area contributed by atoms with Crippen molar-refractivity contribution in [2.75, 3.05) is 0 Å². The maximum atomic E-state index is 12.5. The lowest BCUT2D eigenvalue weighted by atomic mass is 9.87. The average molecular weight is 356 g/mol. The summed E-state index contributed by atoms with van der Waals surface area (Å²) >= 11 is 0. The van der Waals surface area contributed by atoms with E-state index in [0.717, 1.165) is 25.7 Å². The lowest BCUT2D eigenvalue weighted by Crippen LogP contribution is -2.39. The molecule has 1 unspecified atom stereocenters. The van der Waals surface area contributed by atoms with Gasteiger partial charge in [-0.15, -0.1) is 0 Å². The predicted molar refractivity (Wildman–Crippen MR) is 103 cm³/mol. The minimum atomic E-state index is -1.04. The van der Waals surface area contributed by atoms with Gasteiger partial charge in [0.1, 0.15) is 11.4 Å². The molecule has 0 saturated heterocycles. The third-order valence-electron chi connectivity index (χ3n) is 4.68. The Labute approximate surface area is 155 Å². The first kappa shape index (κ1) is 20.0. The second kappa shape index (κ2) is 8.35. The number of rotatable bonds is 7. The molecule has 0 amide bonds. The van der Waals surface area contributed by atoms with Crippen molar-refractivity contribution in [1.82, 2.24) is 0 Å². The van der Waals surface area contributed by atoms with Crippen LogP contribution in [-0.4, -0.2) is 22.5 Å². The van der Waals surface area contributed by atoms with Gasteiger partial charge in [-0.3, -0.25) is 4.79 Å². The second-order valence-corrected chi connectivity index (χ2v) is 7.58. The SMILES string of the molecule is CC(C)=CCC/C(C)=C/CCC1(C)CC(=O)c2cc(C(=O)O)ccc2O1. The molecule has 140 valence electrons. The fraction of sp³-hybridized carbons (Fsp3) is 0.455. The van der Waals surface area contributed by atoms with Gasteiger partial charge in [0.25, 0.3) is 0 Å². The number of carboxylic acid groups (broad SMARTS) is 1. The zero-order valence-electron chi connectivity index (χ0n) is 16.1. The molecule has 1 N–H and O–H groups in total. The van der Waals surface area contributed by atoms with E-state index in [-0.39, 0.29) is 17.8 Å². The molecule has 0 aromatic heterocycles. The van der Waals surface area contributed by atoms with E-state index in [4.69, 9.17) is 9.84 Å². The fourth-order valence-electron chi connectivity index (χ4n) is 3.16. The summed E-state index contributed by atoms with van der Waals surface area (Å²) in [6, 6.07) is 4.48.